The molecule has 0 atom stereocenters. The van der Waals surface area contributed by atoms with Crippen LogP contribution in [0.3, 0.4) is 0 Å². The van der Waals surface area contributed by atoms with Crippen LogP contribution in [0.1, 0.15) is 71.6 Å². The van der Waals surface area contributed by atoms with Crippen molar-refractivity contribution in [2.75, 3.05) is 5.32 Å². The molecule has 1 aromatic carbocycles. The van der Waals surface area contributed by atoms with Crippen LogP contribution < -0.4 is 5.32 Å². The number of aromatic nitrogens is 2. The zero-order valence-corrected chi connectivity index (χ0v) is 16.0. The number of hydrogen-bond acceptors (Lipinski definition) is 5. The molecule has 136 valence electrons. The molecule has 0 aliphatic heterocycles. The van der Waals surface area contributed by atoms with Crippen LogP contribution in [0.25, 0.3) is 11.0 Å². The predicted octanol–water partition coefficient (Wildman–Crippen LogP) is 5.46. The highest BCUT2D eigenvalue weighted by Crippen LogP contribution is 2.35. The smallest absolute Gasteiger partial charge is 0.293 e. The van der Waals surface area contributed by atoms with Crippen molar-refractivity contribution >= 4 is 33.3 Å². The Morgan fingerprint density at radius 1 is 1.27 bits per heavy atom. The topological polar surface area (TPSA) is 68.0 Å². The molecule has 0 saturated heterocycles. The number of nitrogens with zero attached hydrogens (tertiary/aromatic N) is 2. The van der Waals surface area contributed by atoms with Gasteiger partial charge in [0.1, 0.15) is 10.6 Å². The number of hydrogen-bond donors (Lipinski definition) is 1. The van der Waals surface area contributed by atoms with Gasteiger partial charge in [-0.1, -0.05) is 43.6 Å². The van der Waals surface area contributed by atoms with Crippen molar-refractivity contribution in [2.45, 2.75) is 58.3 Å². The number of furan rings is 1. The summed E-state index contributed by atoms with van der Waals surface area (Å²) in [6.45, 7) is 4.04. The van der Waals surface area contributed by atoms with E-state index in [-0.39, 0.29) is 5.91 Å². The Bertz CT molecular complexity index is 938. The molecule has 0 spiro atoms. The molecule has 1 saturated carbocycles. The van der Waals surface area contributed by atoms with Gasteiger partial charge in [0, 0.05) is 16.9 Å². The lowest BCUT2D eigenvalue weighted by Gasteiger charge is -2.18. The Kier molecular flexibility index (Phi) is 4.76. The molecule has 1 N–H and O–H groups in total. The van der Waals surface area contributed by atoms with E-state index in [1.165, 1.54) is 49.0 Å². The molecular weight excluding hydrogens is 346 g/mol. The van der Waals surface area contributed by atoms with Gasteiger partial charge < -0.3 is 4.42 Å². The van der Waals surface area contributed by atoms with E-state index in [1.54, 1.807) is 0 Å². The Balaban J connectivity index is 1.54. The molecule has 2 aromatic heterocycles. The first kappa shape index (κ1) is 17.2. The number of carbonyl (C=O) groups excluding carboxylic acids is 1. The predicted molar refractivity (Wildman–Crippen MR) is 104 cm³/mol. The third-order valence-electron chi connectivity index (χ3n) is 5.23. The monoisotopic (exact) mass is 369 g/mol. The van der Waals surface area contributed by atoms with Gasteiger partial charge in [-0.05, 0) is 43.9 Å². The van der Waals surface area contributed by atoms with Gasteiger partial charge in [-0.15, -0.1) is 10.2 Å². The number of nitrogens with one attached hydrogen (secondary N) is 1. The van der Waals surface area contributed by atoms with Crippen molar-refractivity contribution < 1.29 is 9.21 Å². The maximum Gasteiger partial charge on any atom is 0.293 e. The van der Waals surface area contributed by atoms with Gasteiger partial charge in [0.25, 0.3) is 5.91 Å². The summed E-state index contributed by atoms with van der Waals surface area (Å²) in [4.78, 5) is 12.7. The SMILES string of the molecule is CCc1ccc2oc(C(=O)Nc3nnc(C4CCCCC4)s3)c(C)c2c1. The Morgan fingerprint density at radius 3 is 2.85 bits per heavy atom. The summed E-state index contributed by atoms with van der Waals surface area (Å²) < 4.78 is 5.80. The van der Waals surface area contributed by atoms with Gasteiger partial charge in [-0.3, -0.25) is 10.1 Å². The Morgan fingerprint density at radius 2 is 2.08 bits per heavy atom. The average Bonchev–Trinajstić information content (AvgIpc) is 3.27. The van der Waals surface area contributed by atoms with Gasteiger partial charge in [0.05, 0.1) is 0 Å². The largest absolute Gasteiger partial charge is 0.451 e. The van der Waals surface area contributed by atoms with Gasteiger partial charge in [0.2, 0.25) is 5.13 Å². The molecule has 1 aliphatic rings. The third-order valence-corrected chi connectivity index (χ3v) is 6.23. The highest BCUT2D eigenvalue weighted by molar-refractivity contribution is 7.15. The maximum absolute atomic E-state index is 12.7. The van der Waals surface area contributed by atoms with Gasteiger partial charge >= 0.3 is 0 Å². The van der Waals surface area contributed by atoms with Crippen LogP contribution in [-0.4, -0.2) is 16.1 Å². The fourth-order valence-corrected chi connectivity index (χ4v) is 4.57. The van der Waals surface area contributed by atoms with Crippen LogP contribution in [-0.2, 0) is 6.42 Å². The van der Waals surface area contributed by atoms with E-state index in [4.69, 9.17) is 4.42 Å². The molecule has 26 heavy (non-hydrogen) atoms. The first-order chi connectivity index (χ1) is 12.7. The van der Waals surface area contributed by atoms with Crippen LogP contribution in [0.4, 0.5) is 5.13 Å². The first-order valence-electron chi connectivity index (χ1n) is 9.32. The first-order valence-corrected chi connectivity index (χ1v) is 10.1. The van der Waals surface area contributed by atoms with Crippen molar-refractivity contribution in [1.29, 1.82) is 0 Å². The van der Waals surface area contributed by atoms with Gasteiger partial charge in [-0.25, -0.2) is 0 Å². The van der Waals surface area contributed by atoms with Crippen LogP contribution in [0.2, 0.25) is 0 Å². The van der Waals surface area contributed by atoms with Crippen molar-refractivity contribution in [3.8, 4) is 0 Å². The molecule has 4 rings (SSSR count). The van der Waals surface area contributed by atoms with Crippen LogP contribution in [0, 0.1) is 6.92 Å². The minimum absolute atomic E-state index is 0.261. The van der Waals surface area contributed by atoms with E-state index >= 15 is 0 Å². The van der Waals surface area contributed by atoms with Crippen molar-refractivity contribution in [3.05, 3.63) is 40.1 Å². The van der Waals surface area contributed by atoms with E-state index in [0.717, 1.165) is 28.0 Å². The second-order valence-corrected chi connectivity index (χ2v) is 7.98. The second kappa shape index (κ2) is 7.19. The molecule has 5 nitrogen and oxygen atoms in total. The Labute approximate surface area is 156 Å². The molecule has 3 aromatic rings. The third kappa shape index (κ3) is 3.26. The zero-order valence-electron chi connectivity index (χ0n) is 15.2. The van der Waals surface area contributed by atoms with Crippen molar-refractivity contribution in [1.82, 2.24) is 10.2 Å². The van der Waals surface area contributed by atoms with E-state index in [2.05, 4.69) is 28.5 Å². The lowest BCUT2D eigenvalue weighted by molar-refractivity contribution is 0.0998. The molecule has 1 amide bonds. The second-order valence-electron chi connectivity index (χ2n) is 6.97. The summed E-state index contributed by atoms with van der Waals surface area (Å²) in [5.41, 5.74) is 2.84. The minimum Gasteiger partial charge on any atom is -0.451 e. The fraction of sp³-hybridized carbons (Fsp3) is 0.450. The van der Waals surface area contributed by atoms with E-state index < -0.39 is 0 Å². The van der Waals surface area contributed by atoms with Crippen molar-refractivity contribution in [2.24, 2.45) is 0 Å². The number of anilines is 1. The number of benzene rings is 1. The standard InChI is InChI=1S/C20H23N3O2S/c1-3-13-9-10-16-15(11-13)12(2)17(25-16)18(24)21-20-23-22-19(26-20)14-7-5-4-6-8-14/h9-11,14H,3-8H2,1-2H3,(H,21,23,24). The molecule has 1 fully saturated rings. The summed E-state index contributed by atoms with van der Waals surface area (Å²) in [5.74, 6) is 0.582. The van der Waals surface area contributed by atoms with Gasteiger partial charge in [-0.2, -0.15) is 0 Å². The molecule has 0 bridgehead atoms. The van der Waals surface area contributed by atoms with Crippen LogP contribution in [0.5, 0.6) is 0 Å². The highest BCUT2D eigenvalue weighted by Gasteiger charge is 2.22. The number of fused-ring (bicyclic) bond motifs is 1. The molecular formula is C20H23N3O2S. The molecule has 1 aliphatic carbocycles. The number of carbonyl (C=O) groups is 1. The molecule has 6 heteroatoms. The number of rotatable bonds is 4. The van der Waals surface area contributed by atoms with Crippen molar-refractivity contribution in [3.63, 3.8) is 0 Å². The molecule has 0 radical (unpaired) electrons. The normalized spacial score (nSPS) is 15.5. The quantitative estimate of drug-likeness (QED) is 0.663. The van der Waals surface area contributed by atoms with Crippen LogP contribution >= 0.6 is 11.3 Å². The van der Waals surface area contributed by atoms with Crippen LogP contribution in [0.15, 0.2) is 22.6 Å². The van der Waals surface area contributed by atoms with Gasteiger partial charge in [0.15, 0.2) is 5.76 Å². The minimum atomic E-state index is -0.261. The van der Waals surface area contributed by atoms with E-state index in [0.29, 0.717) is 16.8 Å². The lowest BCUT2D eigenvalue weighted by Crippen LogP contribution is -2.11. The number of aryl methyl sites for hydroxylation is 2. The fourth-order valence-electron chi connectivity index (χ4n) is 3.66. The molecule has 0 unspecified atom stereocenters. The van der Waals surface area contributed by atoms with E-state index in [9.17, 15) is 4.79 Å². The summed E-state index contributed by atoms with van der Waals surface area (Å²) in [6, 6.07) is 6.06. The summed E-state index contributed by atoms with van der Waals surface area (Å²) in [5, 5.41) is 13.9. The summed E-state index contributed by atoms with van der Waals surface area (Å²) >= 11 is 1.49. The summed E-state index contributed by atoms with van der Waals surface area (Å²) in [7, 11) is 0. The zero-order chi connectivity index (χ0) is 18.1. The molecule has 2 heterocycles. The number of amides is 1. The summed E-state index contributed by atoms with van der Waals surface area (Å²) in [6.07, 6.45) is 7.12. The lowest BCUT2D eigenvalue weighted by atomic mass is 9.90. The highest BCUT2D eigenvalue weighted by atomic mass is 32.1. The maximum atomic E-state index is 12.7. The average molecular weight is 369 g/mol. The Hall–Kier alpha value is -2.21. The van der Waals surface area contributed by atoms with E-state index in [1.807, 2.05) is 19.1 Å².